The van der Waals surface area contributed by atoms with Gasteiger partial charge >= 0.3 is 0 Å². The zero-order chi connectivity index (χ0) is 23.4. The van der Waals surface area contributed by atoms with Crippen LogP contribution in [-0.2, 0) is 11.4 Å². The molecule has 7 nitrogen and oxygen atoms in total. The minimum Gasteiger partial charge on any atom is -0.488 e. The first-order chi connectivity index (χ1) is 15.9. The van der Waals surface area contributed by atoms with E-state index in [2.05, 4.69) is 10.3 Å². The molecule has 0 unspecified atom stereocenters. The number of ether oxygens (including phenoxy) is 1. The van der Waals surface area contributed by atoms with Gasteiger partial charge in [0.2, 0.25) is 0 Å². The monoisotopic (exact) mass is 499 g/mol. The molecule has 0 aliphatic carbocycles. The number of amides is 1. The van der Waals surface area contributed by atoms with E-state index in [1.165, 1.54) is 23.9 Å². The number of nitrogens with zero attached hydrogens (tertiary/aromatic N) is 2. The zero-order valence-corrected chi connectivity index (χ0v) is 19.2. The van der Waals surface area contributed by atoms with E-state index in [1.54, 1.807) is 60.7 Å². The van der Waals surface area contributed by atoms with E-state index < -0.39 is 4.92 Å². The molecule has 1 aliphatic heterocycles. The Morgan fingerprint density at radius 3 is 2.42 bits per heavy atom. The van der Waals surface area contributed by atoms with Crippen LogP contribution in [0, 0.1) is 10.1 Å². The molecule has 4 rings (SSSR count). The zero-order valence-electron chi connectivity index (χ0n) is 16.8. The van der Waals surface area contributed by atoms with E-state index in [4.69, 9.17) is 27.9 Å². The highest BCUT2D eigenvalue weighted by Gasteiger charge is 2.24. The van der Waals surface area contributed by atoms with Gasteiger partial charge in [-0.3, -0.25) is 14.9 Å². The molecule has 0 radical (unpaired) electrons. The molecule has 1 saturated heterocycles. The van der Waals surface area contributed by atoms with Gasteiger partial charge in [-0.15, -0.1) is 0 Å². The van der Waals surface area contributed by atoms with Crippen LogP contribution in [0.3, 0.4) is 0 Å². The first-order valence-electron chi connectivity index (χ1n) is 9.58. The third-order valence-corrected chi connectivity index (χ3v) is 5.91. The van der Waals surface area contributed by atoms with Gasteiger partial charge in [0.05, 0.1) is 15.5 Å². The summed E-state index contributed by atoms with van der Waals surface area (Å²) >= 11 is 13.3. The number of benzene rings is 3. The van der Waals surface area contributed by atoms with Gasteiger partial charge in [0.15, 0.2) is 5.17 Å². The summed E-state index contributed by atoms with van der Waals surface area (Å²) in [5.74, 6) is 0.232. The standard InChI is InChI=1S/C23H15Cl2N3O4S/c24-16-3-6-18(7-4-16)26-23-27-22(29)21(33-23)12-15-11-17(25)5-10-20(15)32-13-14-1-8-19(9-2-14)28(30)31/h1-12H,13H2,(H,26,27,29)/b21-12-. The molecule has 0 bridgehead atoms. The van der Waals surface area contributed by atoms with Crippen LogP contribution in [0.2, 0.25) is 10.0 Å². The van der Waals surface area contributed by atoms with Crippen molar-refractivity contribution in [1.82, 2.24) is 5.32 Å². The quantitative estimate of drug-likeness (QED) is 0.241. The smallest absolute Gasteiger partial charge is 0.269 e. The Morgan fingerprint density at radius 2 is 1.73 bits per heavy atom. The molecule has 0 spiro atoms. The highest BCUT2D eigenvalue weighted by Crippen LogP contribution is 2.32. The van der Waals surface area contributed by atoms with Crippen LogP contribution < -0.4 is 10.1 Å². The predicted octanol–water partition coefficient (Wildman–Crippen LogP) is 6.37. The van der Waals surface area contributed by atoms with Crippen LogP contribution in [0.1, 0.15) is 11.1 Å². The van der Waals surface area contributed by atoms with E-state index in [0.717, 1.165) is 5.56 Å². The molecule has 1 N–H and O–H groups in total. The number of thioether (sulfide) groups is 1. The van der Waals surface area contributed by atoms with Gasteiger partial charge < -0.3 is 10.1 Å². The molecule has 3 aromatic rings. The van der Waals surface area contributed by atoms with Crippen molar-refractivity contribution < 1.29 is 14.5 Å². The summed E-state index contributed by atoms with van der Waals surface area (Å²) in [5, 5.41) is 15.1. The number of halogens is 2. The third kappa shape index (κ3) is 5.92. The Bertz CT molecular complexity index is 1280. The van der Waals surface area contributed by atoms with Crippen LogP contribution in [0.25, 0.3) is 6.08 Å². The third-order valence-electron chi connectivity index (χ3n) is 4.51. The number of carbonyl (C=O) groups excluding carboxylic acids is 1. The molecule has 0 saturated carbocycles. The molecule has 1 heterocycles. The predicted molar refractivity (Wildman–Crippen MR) is 131 cm³/mol. The first kappa shape index (κ1) is 22.8. The van der Waals surface area contributed by atoms with Crippen molar-refractivity contribution in [2.75, 3.05) is 0 Å². The SMILES string of the molecule is O=C1NC(=Nc2ccc(Cl)cc2)S/C1=C\c1cc(Cl)ccc1OCc1ccc([N+](=O)[O-])cc1. The Hall–Kier alpha value is -3.33. The average Bonchev–Trinajstić information content (AvgIpc) is 3.13. The van der Waals surface area contributed by atoms with Gasteiger partial charge in [-0.1, -0.05) is 23.2 Å². The molecule has 0 aromatic heterocycles. The van der Waals surface area contributed by atoms with E-state index >= 15 is 0 Å². The van der Waals surface area contributed by atoms with Crippen molar-refractivity contribution in [2.24, 2.45) is 4.99 Å². The fourth-order valence-corrected chi connectivity index (χ4v) is 4.03. The maximum absolute atomic E-state index is 12.5. The number of non-ortho nitro benzene ring substituents is 1. The summed E-state index contributed by atoms with van der Waals surface area (Å²) < 4.78 is 5.90. The summed E-state index contributed by atoms with van der Waals surface area (Å²) in [7, 11) is 0. The lowest BCUT2D eigenvalue weighted by Gasteiger charge is -2.10. The Morgan fingerprint density at radius 1 is 1.03 bits per heavy atom. The molecule has 1 aliphatic rings. The Balaban J connectivity index is 1.52. The normalized spacial score (nSPS) is 15.6. The largest absolute Gasteiger partial charge is 0.488 e. The van der Waals surface area contributed by atoms with Crippen molar-refractivity contribution in [3.05, 3.63) is 103 Å². The maximum atomic E-state index is 12.5. The number of nitro benzene ring substituents is 1. The van der Waals surface area contributed by atoms with Crippen molar-refractivity contribution in [3.8, 4) is 5.75 Å². The lowest BCUT2D eigenvalue weighted by molar-refractivity contribution is -0.384. The number of hydrogen-bond acceptors (Lipinski definition) is 6. The van der Waals surface area contributed by atoms with Crippen molar-refractivity contribution in [1.29, 1.82) is 0 Å². The fourth-order valence-electron chi connectivity index (χ4n) is 2.89. The molecule has 10 heteroatoms. The van der Waals surface area contributed by atoms with E-state index in [0.29, 0.717) is 37.1 Å². The van der Waals surface area contributed by atoms with Crippen LogP contribution in [0.15, 0.2) is 76.6 Å². The van der Waals surface area contributed by atoms with Crippen LogP contribution >= 0.6 is 35.0 Å². The minimum atomic E-state index is -0.455. The highest BCUT2D eigenvalue weighted by atomic mass is 35.5. The summed E-state index contributed by atoms with van der Waals surface area (Å²) in [6.45, 7) is 0.193. The number of rotatable bonds is 6. The number of carbonyl (C=O) groups is 1. The number of nitro groups is 1. The summed E-state index contributed by atoms with van der Waals surface area (Å²) in [5.41, 5.74) is 2.06. The van der Waals surface area contributed by atoms with Gasteiger partial charge in [0.25, 0.3) is 11.6 Å². The topological polar surface area (TPSA) is 93.8 Å². The maximum Gasteiger partial charge on any atom is 0.269 e. The van der Waals surface area contributed by atoms with Gasteiger partial charge in [0.1, 0.15) is 12.4 Å². The molecule has 166 valence electrons. The average molecular weight is 500 g/mol. The summed E-state index contributed by atoms with van der Waals surface area (Å²) in [6.07, 6.45) is 1.68. The van der Waals surface area contributed by atoms with Gasteiger partial charge in [0, 0.05) is 27.7 Å². The molecular weight excluding hydrogens is 485 g/mol. The second-order valence-corrected chi connectivity index (χ2v) is 8.76. The highest BCUT2D eigenvalue weighted by molar-refractivity contribution is 8.18. The fraction of sp³-hybridized carbons (Fsp3) is 0.0435. The lowest BCUT2D eigenvalue weighted by Crippen LogP contribution is -2.19. The van der Waals surface area contributed by atoms with Crippen molar-refractivity contribution in [3.63, 3.8) is 0 Å². The number of aliphatic imine (C=N–C) groups is 1. The molecule has 3 aromatic carbocycles. The van der Waals surface area contributed by atoms with Crippen LogP contribution in [-0.4, -0.2) is 16.0 Å². The van der Waals surface area contributed by atoms with E-state index in [-0.39, 0.29) is 18.2 Å². The van der Waals surface area contributed by atoms with Crippen LogP contribution in [0.4, 0.5) is 11.4 Å². The second-order valence-electron chi connectivity index (χ2n) is 6.85. The van der Waals surface area contributed by atoms with Gasteiger partial charge in [-0.2, -0.15) is 0 Å². The molecular formula is C23H15Cl2N3O4S. The first-order valence-corrected chi connectivity index (χ1v) is 11.2. The molecule has 1 fully saturated rings. The van der Waals surface area contributed by atoms with Crippen molar-refractivity contribution in [2.45, 2.75) is 6.61 Å². The Labute approximate surface area is 203 Å². The lowest BCUT2D eigenvalue weighted by atomic mass is 10.1. The minimum absolute atomic E-state index is 0.0102. The van der Waals surface area contributed by atoms with E-state index in [9.17, 15) is 14.9 Å². The van der Waals surface area contributed by atoms with Crippen LogP contribution in [0.5, 0.6) is 5.75 Å². The molecule has 1 amide bonds. The molecule has 33 heavy (non-hydrogen) atoms. The second kappa shape index (κ2) is 10.1. The number of amidine groups is 1. The van der Waals surface area contributed by atoms with Crippen molar-refractivity contribution >= 4 is 63.5 Å². The van der Waals surface area contributed by atoms with Gasteiger partial charge in [-0.05, 0) is 78.0 Å². The Kier molecular flexibility index (Phi) is 6.98. The number of hydrogen-bond donors (Lipinski definition) is 1. The summed E-state index contributed by atoms with van der Waals surface area (Å²) in [6, 6.07) is 18.1. The number of nitrogens with one attached hydrogen (secondary N) is 1. The van der Waals surface area contributed by atoms with E-state index in [1.807, 2.05) is 0 Å². The van der Waals surface area contributed by atoms with Gasteiger partial charge in [-0.25, -0.2) is 4.99 Å². The molecule has 0 atom stereocenters. The summed E-state index contributed by atoms with van der Waals surface area (Å²) in [4.78, 5) is 27.7.